The molecule has 0 fully saturated rings. The van der Waals surface area contributed by atoms with Crippen LogP contribution in [0.3, 0.4) is 0 Å². The van der Waals surface area contributed by atoms with Gasteiger partial charge in [-0.1, -0.05) is 24.8 Å². The largest absolute Gasteiger partial charge is 0.405 e. The van der Waals surface area contributed by atoms with Crippen molar-refractivity contribution in [2.75, 3.05) is 0 Å². The van der Waals surface area contributed by atoms with Crippen molar-refractivity contribution in [3.05, 3.63) is 89.5 Å². The van der Waals surface area contributed by atoms with Crippen LogP contribution < -0.4 is 11.3 Å². The summed E-state index contributed by atoms with van der Waals surface area (Å²) in [5, 5.41) is 8.84. The highest BCUT2D eigenvalue weighted by Gasteiger charge is 2.04. The normalized spacial score (nSPS) is 11.3. The zero-order valence-corrected chi connectivity index (χ0v) is 11.9. The first-order valence-electron chi connectivity index (χ1n) is 6.64. The molecule has 0 radical (unpaired) electrons. The van der Waals surface area contributed by atoms with Crippen LogP contribution in [0.1, 0.15) is 5.56 Å². The maximum atomic E-state index is 12.1. The summed E-state index contributed by atoms with van der Waals surface area (Å²) in [6, 6.07) is 12.5. The minimum Gasteiger partial charge on any atom is -0.405 e. The van der Waals surface area contributed by atoms with E-state index in [2.05, 4.69) is 12.6 Å². The van der Waals surface area contributed by atoms with E-state index >= 15 is 0 Å². The third kappa shape index (κ3) is 3.22. The van der Waals surface area contributed by atoms with E-state index in [9.17, 15) is 4.79 Å². The van der Waals surface area contributed by atoms with Gasteiger partial charge in [0.25, 0.3) is 5.56 Å². The molecule has 0 amide bonds. The van der Waals surface area contributed by atoms with Crippen LogP contribution >= 0.6 is 0 Å². The van der Waals surface area contributed by atoms with Crippen molar-refractivity contribution < 1.29 is 0 Å². The summed E-state index contributed by atoms with van der Waals surface area (Å²) in [5.74, 6) is 0. The molecule has 2 N–H and O–H groups in total. The molecule has 0 atom stereocenters. The van der Waals surface area contributed by atoms with Gasteiger partial charge in [0, 0.05) is 12.3 Å². The Morgan fingerprint density at radius 2 is 1.86 bits per heavy atom. The Hall–Kier alpha value is -3.32. The SMILES string of the molecule is C=C/C=C(\C=C\N)n1cc(-c2ccc(C#N)cc2)ccc1=O. The highest BCUT2D eigenvalue weighted by molar-refractivity contribution is 5.66. The highest BCUT2D eigenvalue weighted by Crippen LogP contribution is 2.19. The monoisotopic (exact) mass is 289 g/mol. The number of aromatic nitrogens is 1. The lowest BCUT2D eigenvalue weighted by molar-refractivity contribution is 1.03. The number of hydrogen-bond acceptors (Lipinski definition) is 3. The fourth-order valence-corrected chi connectivity index (χ4v) is 2.03. The lowest BCUT2D eigenvalue weighted by Crippen LogP contribution is -2.17. The lowest BCUT2D eigenvalue weighted by atomic mass is 10.1. The van der Waals surface area contributed by atoms with Crippen molar-refractivity contribution in [3.8, 4) is 17.2 Å². The summed E-state index contributed by atoms with van der Waals surface area (Å²) >= 11 is 0. The predicted octanol–water partition coefficient (Wildman–Crippen LogP) is 2.89. The van der Waals surface area contributed by atoms with E-state index in [0.29, 0.717) is 11.3 Å². The third-order valence-corrected chi connectivity index (χ3v) is 3.09. The quantitative estimate of drug-likeness (QED) is 0.880. The molecule has 0 aliphatic carbocycles. The zero-order valence-electron chi connectivity index (χ0n) is 11.9. The Labute approximate surface area is 128 Å². The van der Waals surface area contributed by atoms with Crippen LogP contribution in [0, 0.1) is 11.3 Å². The molecule has 2 aromatic rings. The molecule has 0 unspecified atom stereocenters. The van der Waals surface area contributed by atoms with E-state index in [4.69, 9.17) is 11.0 Å². The number of nitrogens with two attached hydrogens (primary N) is 1. The van der Waals surface area contributed by atoms with Crippen molar-refractivity contribution in [1.82, 2.24) is 4.57 Å². The number of pyridine rings is 1. The first kappa shape index (κ1) is 15.1. The van der Waals surface area contributed by atoms with E-state index in [0.717, 1.165) is 11.1 Å². The van der Waals surface area contributed by atoms with Crippen LogP contribution in [-0.2, 0) is 0 Å². The molecular weight excluding hydrogens is 274 g/mol. The first-order chi connectivity index (χ1) is 10.7. The third-order valence-electron chi connectivity index (χ3n) is 3.09. The Morgan fingerprint density at radius 3 is 2.45 bits per heavy atom. The van der Waals surface area contributed by atoms with Gasteiger partial charge in [0.05, 0.1) is 17.3 Å². The van der Waals surface area contributed by atoms with Crippen LogP contribution in [0.2, 0.25) is 0 Å². The van der Waals surface area contributed by atoms with Gasteiger partial charge in [-0.3, -0.25) is 9.36 Å². The van der Waals surface area contributed by atoms with E-state index in [-0.39, 0.29) is 5.56 Å². The average Bonchev–Trinajstić information content (AvgIpc) is 2.55. The highest BCUT2D eigenvalue weighted by atomic mass is 16.1. The summed E-state index contributed by atoms with van der Waals surface area (Å²) in [5.41, 5.74) is 8.26. The van der Waals surface area contributed by atoms with Crippen LogP contribution in [-0.4, -0.2) is 4.57 Å². The van der Waals surface area contributed by atoms with Gasteiger partial charge in [0.15, 0.2) is 0 Å². The molecule has 4 heteroatoms. The number of allylic oxidation sites excluding steroid dienone is 4. The lowest BCUT2D eigenvalue weighted by Gasteiger charge is -2.09. The minimum atomic E-state index is -0.163. The summed E-state index contributed by atoms with van der Waals surface area (Å²) in [6.07, 6.45) is 8.03. The molecule has 4 nitrogen and oxygen atoms in total. The Kier molecular flexibility index (Phi) is 4.74. The van der Waals surface area contributed by atoms with Crippen molar-refractivity contribution >= 4 is 5.70 Å². The second-order valence-electron chi connectivity index (χ2n) is 4.50. The number of rotatable bonds is 4. The van der Waals surface area contributed by atoms with E-state index in [1.807, 2.05) is 12.1 Å². The van der Waals surface area contributed by atoms with Gasteiger partial charge >= 0.3 is 0 Å². The van der Waals surface area contributed by atoms with Crippen LogP contribution in [0.4, 0.5) is 0 Å². The molecule has 0 bridgehead atoms. The van der Waals surface area contributed by atoms with Gasteiger partial charge in [-0.15, -0.1) is 0 Å². The summed E-state index contributed by atoms with van der Waals surface area (Å²) in [6.45, 7) is 3.64. The summed E-state index contributed by atoms with van der Waals surface area (Å²) in [7, 11) is 0. The molecule has 0 aliphatic rings. The van der Waals surface area contributed by atoms with E-state index in [1.54, 1.807) is 42.6 Å². The van der Waals surface area contributed by atoms with Crippen molar-refractivity contribution in [2.45, 2.75) is 0 Å². The maximum Gasteiger partial charge on any atom is 0.255 e. The first-order valence-corrected chi connectivity index (χ1v) is 6.64. The predicted molar refractivity (Wildman–Crippen MR) is 88.7 cm³/mol. The van der Waals surface area contributed by atoms with Gasteiger partial charge in [0.2, 0.25) is 0 Å². The topological polar surface area (TPSA) is 71.8 Å². The molecule has 108 valence electrons. The number of benzene rings is 1. The molecule has 1 aromatic carbocycles. The van der Waals surface area contributed by atoms with Crippen LogP contribution in [0.25, 0.3) is 16.8 Å². The standard InChI is InChI=1S/C18H15N3O/c1-2-3-17(10-11-19)21-13-16(8-9-18(21)22)15-6-4-14(12-20)5-7-15/h2-11,13H,1,19H2/b11-10+,17-3+. The molecular formula is C18H15N3O. The van der Waals surface area contributed by atoms with Crippen molar-refractivity contribution in [2.24, 2.45) is 5.73 Å². The van der Waals surface area contributed by atoms with Gasteiger partial charge in [-0.25, -0.2) is 0 Å². The smallest absolute Gasteiger partial charge is 0.255 e. The Bertz CT molecular complexity index is 834. The van der Waals surface area contributed by atoms with Crippen molar-refractivity contribution in [3.63, 3.8) is 0 Å². The molecule has 0 saturated carbocycles. The van der Waals surface area contributed by atoms with Gasteiger partial charge < -0.3 is 5.73 Å². The molecule has 22 heavy (non-hydrogen) atoms. The van der Waals surface area contributed by atoms with Crippen molar-refractivity contribution in [1.29, 1.82) is 5.26 Å². The fraction of sp³-hybridized carbons (Fsp3) is 0. The van der Waals surface area contributed by atoms with Gasteiger partial charge in [-0.05, 0) is 47.7 Å². The molecule has 0 saturated heterocycles. The van der Waals surface area contributed by atoms with E-state index in [1.165, 1.54) is 16.8 Å². The summed E-state index contributed by atoms with van der Waals surface area (Å²) in [4.78, 5) is 12.1. The minimum absolute atomic E-state index is 0.163. The molecule has 0 spiro atoms. The van der Waals surface area contributed by atoms with Gasteiger partial charge in [-0.2, -0.15) is 5.26 Å². The number of nitrogens with zero attached hydrogens (tertiary/aromatic N) is 2. The fourth-order valence-electron chi connectivity index (χ4n) is 2.03. The van der Waals surface area contributed by atoms with Crippen LogP contribution in [0.5, 0.6) is 0 Å². The molecule has 1 heterocycles. The van der Waals surface area contributed by atoms with Crippen LogP contribution in [0.15, 0.2) is 78.4 Å². The number of hydrogen-bond donors (Lipinski definition) is 1. The second-order valence-corrected chi connectivity index (χ2v) is 4.50. The van der Waals surface area contributed by atoms with E-state index < -0.39 is 0 Å². The Morgan fingerprint density at radius 1 is 1.18 bits per heavy atom. The summed E-state index contributed by atoms with van der Waals surface area (Å²) < 4.78 is 1.50. The zero-order chi connectivity index (χ0) is 15.9. The molecule has 1 aromatic heterocycles. The maximum absolute atomic E-state index is 12.1. The average molecular weight is 289 g/mol. The second kappa shape index (κ2) is 6.91. The molecule has 0 aliphatic heterocycles. The number of nitriles is 1. The molecule has 2 rings (SSSR count). The Balaban J connectivity index is 2.54. The van der Waals surface area contributed by atoms with Gasteiger partial charge in [0.1, 0.15) is 0 Å².